The van der Waals surface area contributed by atoms with Crippen LogP contribution < -0.4 is 0 Å². The van der Waals surface area contributed by atoms with Crippen molar-refractivity contribution in [2.75, 3.05) is 13.6 Å². The lowest BCUT2D eigenvalue weighted by atomic mass is 9.92. The maximum atomic E-state index is 12.1. The minimum absolute atomic E-state index is 0.109. The first-order valence-electron chi connectivity index (χ1n) is 7.79. The molecule has 0 bridgehead atoms. The van der Waals surface area contributed by atoms with Crippen LogP contribution in [0.3, 0.4) is 0 Å². The largest absolute Gasteiger partial charge is 0.393 e. The van der Waals surface area contributed by atoms with Crippen molar-refractivity contribution < 1.29 is 14.7 Å². The van der Waals surface area contributed by atoms with Crippen molar-refractivity contribution in [2.45, 2.75) is 58.2 Å². The molecule has 1 N–H and O–H groups in total. The second kappa shape index (κ2) is 7.07. The van der Waals surface area contributed by atoms with Crippen LogP contribution in [0.15, 0.2) is 16.8 Å². The lowest BCUT2D eigenvalue weighted by Gasteiger charge is -2.20. The molecule has 118 valence electrons. The van der Waals surface area contributed by atoms with Crippen LogP contribution in [0.5, 0.6) is 0 Å². The Hall–Kier alpha value is -1.36. The summed E-state index contributed by atoms with van der Waals surface area (Å²) in [4.78, 5) is 19.3. The molecule has 5 nitrogen and oxygen atoms in total. The average molecular weight is 294 g/mol. The summed E-state index contributed by atoms with van der Waals surface area (Å²) >= 11 is 0. The van der Waals surface area contributed by atoms with E-state index in [-0.39, 0.29) is 18.1 Å². The van der Waals surface area contributed by atoms with E-state index in [9.17, 15) is 9.90 Å². The van der Waals surface area contributed by atoms with E-state index in [0.717, 1.165) is 25.1 Å². The molecule has 0 saturated carbocycles. The second-order valence-electron chi connectivity index (χ2n) is 6.50. The number of nitrogens with zero attached hydrogens (tertiary/aromatic N) is 2. The molecule has 0 aromatic heterocycles. The Labute approximate surface area is 126 Å². The van der Waals surface area contributed by atoms with Gasteiger partial charge >= 0.3 is 0 Å². The Kier molecular flexibility index (Phi) is 5.39. The molecule has 0 radical (unpaired) electrons. The van der Waals surface area contributed by atoms with Crippen molar-refractivity contribution in [3.05, 3.63) is 11.6 Å². The third-order valence-corrected chi connectivity index (χ3v) is 3.95. The Morgan fingerprint density at radius 2 is 2.33 bits per heavy atom. The molecule has 0 saturated heterocycles. The molecule has 2 atom stereocenters. The van der Waals surface area contributed by atoms with Crippen molar-refractivity contribution in [2.24, 2.45) is 11.1 Å². The third-order valence-electron chi connectivity index (χ3n) is 3.95. The van der Waals surface area contributed by atoms with E-state index in [0.29, 0.717) is 25.2 Å². The minimum atomic E-state index is -0.223. The predicted molar refractivity (Wildman–Crippen MR) is 82.0 cm³/mol. The van der Waals surface area contributed by atoms with Gasteiger partial charge in [-0.1, -0.05) is 25.1 Å². The van der Waals surface area contributed by atoms with Gasteiger partial charge in [0.2, 0.25) is 5.91 Å². The smallest absolute Gasteiger partial charge is 0.226 e. The van der Waals surface area contributed by atoms with Crippen molar-refractivity contribution >= 4 is 11.6 Å². The molecule has 0 fully saturated rings. The Morgan fingerprint density at radius 1 is 1.57 bits per heavy atom. The normalized spacial score (nSPS) is 25.4. The van der Waals surface area contributed by atoms with Gasteiger partial charge in [-0.25, -0.2) is 0 Å². The Morgan fingerprint density at radius 3 is 2.95 bits per heavy atom. The summed E-state index contributed by atoms with van der Waals surface area (Å²) in [5.41, 5.74) is 2.12. The van der Waals surface area contributed by atoms with E-state index >= 15 is 0 Å². The van der Waals surface area contributed by atoms with Gasteiger partial charge in [-0.3, -0.25) is 4.79 Å². The molecule has 0 aromatic carbocycles. The quantitative estimate of drug-likeness (QED) is 0.844. The van der Waals surface area contributed by atoms with Gasteiger partial charge in [0.25, 0.3) is 0 Å². The average Bonchev–Trinajstić information content (AvgIpc) is 2.87. The van der Waals surface area contributed by atoms with E-state index in [4.69, 9.17) is 4.84 Å². The first-order chi connectivity index (χ1) is 9.95. The van der Waals surface area contributed by atoms with Crippen molar-refractivity contribution in [3.63, 3.8) is 0 Å². The lowest BCUT2D eigenvalue weighted by Crippen LogP contribution is -2.32. The van der Waals surface area contributed by atoms with Gasteiger partial charge in [0.1, 0.15) is 6.10 Å². The fraction of sp³-hybridized carbons (Fsp3) is 0.750. The molecule has 0 aromatic rings. The summed E-state index contributed by atoms with van der Waals surface area (Å²) in [5, 5.41) is 13.6. The minimum Gasteiger partial charge on any atom is -0.393 e. The van der Waals surface area contributed by atoms with Crippen LogP contribution in [-0.2, 0) is 9.63 Å². The molecule has 0 spiro atoms. The van der Waals surface area contributed by atoms with Gasteiger partial charge in [-0.15, -0.1) is 0 Å². The summed E-state index contributed by atoms with van der Waals surface area (Å²) in [7, 11) is 1.84. The molecule has 5 heteroatoms. The van der Waals surface area contributed by atoms with Crippen LogP contribution in [0, 0.1) is 5.92 Å². The number of rotatable bonds is 5. The van der Waals surface area contributed by atoms with Gasteiger partial charge < -0.3 is 14.8 Å². The zero-order valence-corrected chi connectivity index (χ0v) is 13.2. The van der Waals surface area contributed by atoms with Crippen LogP contribution >= 0.6 is 0 Å². The number of oxime groups is 1. The van der Waals surface area contributed by atoms with Gasteiger partial charge in [0.05, 0.1) is 18.2 Å². The Bertz CT molecular complexity index is 443. The topological polar surface area (TPSA) is 62.1 Å². The highest BCUT2D eigenvalue weighted by molar-refractivity contribution is 6.01. The second-order valence-corrected chi connectivity index (χ2v) is 6.50. The molecule has 1 heterocycles. The maximum absolute atomic E-state index is 12.1. The van der Waals surface area contributed by atoms with E-state index < -0.39 is 0 Å². The van der Waals surface area contributed by atoms with Crippen molar-refractivity contribution in [1.82, 2.24) is 4.90 Å². The van der Waals surface area contributed by atoms with Crippen LogP contribution in [0.4, 0.5) is 0 Å². The molecule has 21 heavy (non-hydrogen) atoms. The summed E-state index contributed by atoms with van der Waals surface area (Å²) < 4.78 is 0. The first-order valence-corrected chi connectivity index (χ1v) is 7.79. The van der Waals surface area contributed by atoms with E-state index in [1.165, 1.54) is 5.57 Å². The zero-order valence-electron chi connectivity index (χ0n) is 13.2. The van der Waals surface area contributed by atoms with E-state index in [1.54, 1.807) is 4.90 Å². The van der Waals surface area contributed by atoms with Crippen LogP contribution in [0.25, 0.3) is 0 Å². The number of amides is 1. The SMILES string of the molecule is CC(C)CN(C)C(=O)CC1CC(C2=CCC(O)CC2)=NO1. The van der Waals surface area contributed by atoms with E-state index in [2.05, 4.69) is 19.0 Å². The summed E-state index contributed by atoms with van der Waals surface area (Å²) in [6, 6.07) is 0. The summed E-state index contributed by atoms with van der Waals surface area (Å²) in [5.74, 6) is 0.576. The number of hydrogen-bond acceptors (Lipinski definition) is 4. The van der Waals surface area contributed by atoms with Crippen molar-refractivity contribution in [1.29, 1.82) is 0 Å². The third kappa shape index (κ3) is 4.56. The number of allylic oxidation sites excluding steroid dienone is 1. The first kappa shape index (κ1) is 16.0. The molecule has 2 unspecified atom stereocenters. The van der Waals surface area contributed by atoms with Gasteiger partial charge in [0.15, 0.2) is 0 Å². The fourth-order valence-corrected chi connectivity index (χ4v) is 2.81. The predicted octanol–water partition coefficient (Wildman–Crippen LogP) is 2.11. The summed E-state index contributed by atoms with van der Waals surface area (Å²) in [6.45, 7) is 4.96. The Balaban J connectivity index is 1.80. The van der Waals surface area contributed by atoms with Crippen LogP contribution in [0.1, 0.15) is 46.0 Å². The number of aliphatic hydroxyl groups excluding tert-OH is 1. The van der Waals surface area contributed by atoms with E-state index in [1.807, 2.05) is 13.1 Å². The summed E-state index contributed by atoms with van der Waals surface area (Å²) in [6.07, 6.45) is 5.08. The van der Waals surface area contributed by atoms with Gasteiger partial charge in [-0.05, 0) is 30.8 Å². The van der Waals surface area contributed by atoms with Crippen LogP contribution in [0.2, 0.25) is 0 Å². The van der Waals surface area contributed by atoms with Crippen LogP contribution in [-0.4, -0.2) is 47.4 Å². The highest BCUT2D eigenvalue weighted by Gasteiger charge is 2.28. The number of aliphatic hydroxyl groups is 1. The highest BCUT2D eigenvalue weighted by Crippen LogP contribution is 2.26. The molecule has 1 amide bonds. The van der Waals surface area contributed by atoms with Gasteiger partial charge in [0, 0.05) is 20.0 Å². The molecular formula is C16H26N2O3. The molecule has 2 rings (SSSR count). The molecular weight excluding hydrogens is 268 g/mol. The standard InChI is InChI=1S/C16H26N2O3/c1-11(2)10-18(3)16(20)9-14-8-15(17-21-14)12-4-6-13(19)7-5-12/h4,11,13-14,19H,5-10H2,1-3H3. The van der Waals surface area contributed by atoms with Crippen molar-refractivity contribution in [3.8, 4) is 0 Å². The number of hydrogen-bond donors (Lipinski definition) is 1. The molecule has 1 aliphatic carbocycles. The lowest BCUT2D eigenvalue weighted by molar-refractivity contribution is -0.132. The fourth-order valence-electron chi connectivity index (χ4n) is 2.81. The highest BCUT2D eigenvalue weighted by atomic mass is 16.6. The maximum Gasteiger partial charge on any atom is 0.226 e. The number of carbonyl (C=O) groups is 1. The number of carbonyl (C=O) groups excluding carboxylic acids is 1. The monoisotopic (exact) mass is 294 g/mol. The molecule has 1 aliphatic heterocycles. The molecule has 2 aliphatic rings. The van der Waals surface area contributed by atoms with Gasteiger partial charge in [-0.2, -0.15) is 0 Å². The zero-order chi connectivity index (χ0) is 15.4.